The summed E-state index contributed by atoms with van der Waals surface area (Å²) in [5, 5.41) is 4.28. The number of fused-ring (bicyclic) bond motifs is 3. The van der Waals surface area contributed by atoms with E-state index in [1.807, 2.05) is 12.1 Å². The summed E-state index contributed by atoms with van der Waals surface area (Å²) in [4.78, 5) is 19.3. The highest BCUT2D eigenvalue weighted by atomic mass is 32.1. The first-order chi connectivity index (χ1) is 20.5. The molecule has 0 amide bonds. The third-order valence-electron chi connectivity index (χ3n) is 8.58. The smallest absolute Gasteiger partial charge is 0.387 e. The number of carbonyl (C=O) groups excluding carboxylic acids is 1. The van der Waals surface area contributed by atoms with Gasteiger partial charge in [0.05, 0.1) is 34.0 Å². The zero-order chi connectivity index (χ0) is 28.6. The van der Waals surface area contributed by atoms with Crippen LogP contribution in [0.5, 0.6) is 5.75 Å². The van der Waals surface area contributed by atoms with Crippen molar-refractivity contribution in [2.45, 2.75) is 75.8 Å². The van der Waals surface area contributed by atoms with E-state index in [9.17, 15) is 13.6 Å². The van der Waals surface area contributed by atoms with Gasteiger partial charge in [0.1, 0.15) is 23.8 Å². The molecule has 2 aliphatic heterocycles. The van der Waals surface area contributed by atoms with E-state index in [0.29, 0.717) is 48.7 Å². The van der Waals surface area contributed by atoms with Crippen molar-refractivity contribution in [3.63, 3.8) is 0 Å². The normalized spacial score (nSPS) is 22.2. The van der Waals surface area contributed by atoms with Gasteiger partial charge in [0.15, 0.2) is 0 Å². The average molecular weight is 596 g/mol. The van der Waals surface area contributed by atoms with Crippen LogP contribution in [-0.2, 0) is 16.1 Å². The van der Waals surface area contributed by atoms with E-state index in [1.54, 1.807) is 29.8 Å². The quantitative estimate of drug-likeness (QED) is 0.175. The van der Waals surface area contributed by atoms with Crippen LogP contribution in [0.2, 0.25) is 0 Å². The lowest BCUT2D eigenvalue weighted by molar-refractivity contribution is -0.0494. The first-order valence-electron chi connectivity index (χ1n) is 14.4. The predicted octanol–water partition coefficient (Wildman–Crippen LogP) is 6.80. The summed E-state index contributed by atoms with van der Waals surface area (Å²) < 4.78 is 49.7. The molecule has 2 aromatic carbocycles. The van der Waals surface area contributed by atoms with Gasteiger partial charge in [-0.05, 0) is 68.9 Å². The summed E-state index contributed by atoms with van der Waals surface area (Å²) in [6.07, 6.45) is 6.05. The van der Waals surface area contributed by atoms with Crippen LogP contribution in [0.1, 0.15) is 66.1 Å². The molecule has 42 heavy (non-hydrogen) atoms. The Bertz CT molecular complexity index is 1560. The standard InChI is InChI=1S/C31H31F2N3O5S/c32-31(33)40-26-4-2-1-3-23(26)28-24(29(41-35-28)18-5-6-18)16-39-22-14-20-8-9-21(15-22)36(20)11-12-38-30(37)19-7-10-25-27(13-19)42-17-34-25/h1-4,7,10,13,17-18,20-22,31H,5-6,8-9,11-12,14-16H2. The van der Waals surface area contributed by atoms with Crippen LogP contribution in [0.3, 0.4) is 0 Å². The van der Waals surface area contributed by atoms with E-state index in [1.165, 1.54) is 17.4 Å². The molecule has 11 heteroatoms. The number of rotatable bonds is 11. The molecule has 220 valence electrons. The van der Waals surface area contributed by atoms with Gasteiger partial charge in [0.2, 0.25) is 0 Å². The van der Waals surface area contributed by atoms with Crippen molar-refractivity contribution in [2.75, 3.05) is 13.2 Å². The Kier molecular flexibility index (Phi) is 7.64. The number of thiazole rings is 1. The Labute approximate surface area is 245 Å². The number of hydrogen-bond donors (Lipinski definition) is 0. The molecule has 0 radical (unpaired) electrons. The van der Waals surface area contributed by atoms with Gasteiger partial charge in [-0.3, -0.25) is 4.90 Å². The van der Waals surface area contributed by atoms with Crippen LogP contribution < -0.4 is 4.74 Å². The number of benzene rings is 2. The zero-order valence-corrected chi connectivity index (χ0v) is 23.7. The molecule has 4 aromatic rings. The lowest BCUT2D eigenvalue weighted by Gasteiger charge is -2.38. The molecule has 8 nitrogen and oxygen atoms in total. The van der Waals surface area contributed by atoms with E-state index in [4.69, 9.17) is 18.7 Å². The molecule has 2 bridgehead atoms. The van der Waals surface area contributed by atoms with Gasteiger partial charge < -0.3 is 18.7 Å². The molecule has 2 aromatic heterocycles. The van der Waals surface area contributed by atoms with Crippen LogP contribution in [0, 0.1) is 0 Å². The summed E-state index contributed by atoms with van der Waals surface area (Å²) in [5.41, 5.74) is 5.00. The second-order valence-electron chi connectivity index (χ2n) is 11.2. The fraction of sp³-hybridized carbons (Fsp3) is 0.452. The minimum atomic E-state index is -2.93. The lowest BCUT2D eigenvalue weighted by atomic mass is 9.99. The van der Waals surface area contributed by atoms with Crippen LogP contribution >= 0.6 is 11.3 Å². The fourth-order valence-corrected chi connectivity index (χ4v) is 7.15. The number of carbonyl (C=O) groups is 1. The highest BCUT2D eigenvalue weighted by Crippen LogP contribution is 2.46. The number of esters is 1. The van der Waals surface area contributed by atoms with E-state index < -0.39 is 6.61 Å². The molecule has 1 aliphatic carbocycles. The minimum Gasteiger partial charge on any atom is -0.461 e. The number of halogens is 2. The predicted molar refractivity (Wildman–Crippen MR) is 152 cm³/mol. The number of piperidine rings is 1. The maximum absolute atomic E-state index is 13.1. The second-order valence-corrected chi connectivity index (χ2v) is 12.1. The highest BCUT2D eigenvalue weighted by molar-refractivity contribution is 7.16. The number of alkyl halides is 2. The summed E-state index contributed by atoms with van der Waals surface area (Å²) in [6, 6.07) is 12.8. The van der Waals surface area contributed by atoms with Crippen molar-refractivity contribution in [3.8, 4) is 17.0 Å². The van der Waals surface area contributed by atoms with Crippen molar-refractivity contribution in [1.82, 2.24) is 15.0 Å². The van der Waals surface area contributed by atoms with Gasteiger partial charge in [-0.25, -0.2) is 9.78 Å². The van der Waals surface area contributed by atoms with Crippen molar-refractivity contribution < 1.29 is 32.3 Å². The van der Waals surface area contributed by atoms with Crippen LogP contribution in [0.25, 0.3) is 21.5 Å². The summed E-state index contributed by atoms with van der Waals surface area (Å²) in [7, 11) is 0. The van der Waals surface area contributed by atoms with Gasteiger partial charge in [0, 0.05) is 35.7 Å². The van der Waals surface area contributed by atoms with E-state index in [2.05, 4.69) is 15.0 Å². The first kappa shape index (κ1) is 27.4. The first-order valence-corrected chi connectivity index (χ1v) is 15.3. The lowest BCUT2D eigenvalue weighted by Crippen LogP contribution is -2.46. The molecule has 0 spiro atoms. The molecule has 7 rings (SSSR count). The topological polar surface area (TPSA) is 86.9 Å². The molecule has 3 fully saturated rings. The Morgan fingerprint density at radius 3 is 2.69 bits per heavy atom. The third kappa shape index (κ3) is 5.65. The Morgan fingerprint density at radius 2 is 1.90 bits per heavy atom. The monoisotopic (exact) mass is 595 g/mol. The zero-order valence-electron chi connectivity index (χ0n) is 22.9. The Balaban J connectivity index is 0.969. The second kappa shape index (κ2) is 11.7. The number of nitrogens with zero attached hydrogens (tertiary/aromatic N) is 3. The molecule has 1 saturated carbocycles. The molecule has 0 N–H and O–H groups in total. The van der Waals surface area contributed by atoms with Crippen molar-refractivity contribution in [2.24, 2.45) is 0 Å². The number of hydrogen-bond acceptors (Lipinski definition) is 9. The Morgan fingerprint density at radius 1 is 1.10 bits per heavy atom. The van der Waals surface area contributed by atoms with Crippen molar-refractivity contribution in [1.29, 1.82) is 0 Å². The Hall–Kier alpha value is -3.41. The summed E-state index contributed by atoms with van der Waals surface area (Å²) in [5.74, 6) is 0.833. The average Bonchev–Trinajstić information content (AvgIpc) is 3.48. The minimum absolute atomic E-state index is 0.0646. The number of aromatic nitrogens is 2. The summed E-state index contributed by atoms with van der Waals surface area (Å²) >= 11 is 1.50. The maximum Gasteiger partial charge on any atom is 0.387 e. The van der Waals surface area contributed by atoms with Crippen LogP contribution in [0.15, 0.2) is 52.5 Å². The van der Waals surface area contributed by atoms with Crippen LogP contribution in [0.4, 0.5) is 8.78 Å². The van der Waals surface area contributed by atoms with Gasteiger partial charge in [-0.2, -0.15) is 8.78 Å². The van der Waals surface area contributed by atoms with Crippen molar-refractivity contribution in [3.05, 3.63) is 64.9 Å². The number of para-hydroxylation sites is 1. The van der Waals surface area contributed by atoms with Crippen molar-refractivity contribution >= 4 is 27.5 Å². The summed E-state index contributed by atoms with van der Waals surface area (Å²) in [6.45, 7) is -1.59. The fourth-order valence-electron chi connectivity index (χ4n) is 6.44. The van der Waals surface area contributed by atoms with E-state index in [-0.39, 0.29) is 23.7 Å². The van der Waals surface area contributed by atoms with Gasteiger partial charge in [-0.15, -0.1) is 11.3 Å². The van der Waals surface area contributed by atoms with Crippen LogP contribution in [-0.4, -0.2) is 59.0 Å². The van der Waals surface area contributed by atoms with Gasteiger partial charge in [0.25, 0.3) is 0 Å². The van der Waals surface area contributed by atoms with E-state index >= 15 is 0 Å². The highest BCUT2D eigenvalue weighted by Gasteiger charge is 2.41. The SMILES string of the molecule is O=C(OCCN1C2CCC1CC(OCc1c(-c3ccccc3OC(F)F)noc1C1CC1)C2)c1ccc2ncsc2c1. The molecule has 3 aliphatic rings. The molecule has 2 unspecified atom stereocenters. The van der Waals surface area contributed by atoms with E-state index in [0.717, 1.165) is 60.1 Å². The molecule has 2 saturated heterocycles. The largest absolute Gasteiger partial charge is 0.461 e. The number of ether oxygens (including phenoxy) is 3. The molecule has 2 atom stereocenters. The third-order valence-corrected chi connectivity index (χ3v) is 9.37. The van der Waals surface area contributed by atoms with Gasteiger partial charge >= 0.3 is 12.6 Å². The molecular formula is C31H31F2N3O5S. The van der Waals surface area contributed by atoms with Gasteiger partial charge in [-0.1, -0.05) is 17.3 Å². The maximum atomic E-state index is 13.1. The molecule has 4 heterocycles. The molecular weight excluding hydrogens is 564 g/mol.